The molecule has 0 aromatic heterocycles. The highest BCUT2D eigenvalue weighted by molar-refractivity contribution is 6.03. The number of hydrogen-bond donors (Lipinski definition) is 1. The van der Waals surface area contributed by atoms with Gasteiger partial charge in [0.2, 0.25) is 5.91 Å². The number of carboxylic acids is 1. The van der Waals surface area contributed by atoms with Crippen LogP contribution in [0.25, 0.3) is 0 Å². The summed E-state index contributed by atoms with van der Waals surface area (Å²) in [7, 11) is 1.69. The smallest absolute Gasteiger partial charge is 0.303 e. The van der Waals surface area contributed by atoms with Crippen molar-refractivity contribution in [1.29, 1.82) is 0 Å². The zero-order chi connectivity index (χ0) is 13.3. The fraction of sp³-hybridized carbons (Fsp3) is 0.308. The van der Waals surface area contributed by atoms with E-state index in [4.69, 9.17) is 5.11 Å². The molecule has 1 N–H and O–H groups in total. The van der Waals surface area contributed by atoms with Crippen LogP contribution in [0.5, 0.6) is 0 Å². The molecular weight excluding hydrogens is 234 g/mol. The molecule has 94 valence electrons. The van der Waals surface area contributed by atoms with Gasteiger partial charge in [-0.2, -0.15) is 0 Å². The van der Waals surface area contributed by atoms with Crippen LogP contribution in [-0.4, -0.2) is 29.8 Å². The van der Waals surface area contributed by atoms with Gasteiger partial charge in [0.05, 0.1) is 12.8 Å². The number of hydrogen-bond acceptors (Lipinski definition) is 3. The van der Waals surface area contributed by atoms with Crippen LogP contribution in [0.3, 0.4) is 0 Å². The van der Waals surface area contributed by atoms with Crippen molar-refractivity contribution in [3.63, 3.8) is 0 Å². The van der Waals surface area contributed by atoms with E-state index < -0.39 is 5.97 Å². The lowest BCUT2D eigenvalue weighted by Crippen LogP contribution is -2.20. The summed E-state index contributed by atoms with van der Waals surface area (Å²) < 4.78 is 0. The molecule has 0 bridgehead atoms. The summed E-state index contributed by atoms with van der Waals surface area (Å²) in [6.45, 7) is 0. The summed E-state index contributed by atoms with van der Waals surface area (Å²) in [5, 5.41) is 8.53. The van der Waals surface area contributed by atoms with Gasteiger partial charge in [-0.1, -0.05) is 0 Å². The van der Waals surface area contributed by atoms with E-state index in [0.717, 1.165) is 11.3 Å². The Morgan fingerprint density at radius 1 is 1.33 bits per heavy atom. The summed E-state index contributed by atoms with van der Waals surface area (Å²) in [6.07, 6.45) is 0.110. The van der Waals surface area contributed by atoms with Gasteiger partial charge >= 0.3 is 5.97 Å². The average molecular weight is 247 g/mol. The molecule has 1 amide bonds. The van der Waals surface area contributed by atoms with Crippen LogP contribution in [-0.2, 0) is 16.0 Å². The number of Topliss-reactive ketones (excluding diaryl/α,β-unsaturated/α-hetero) is 1. The van der Waals surface area contributed by atoms with Gasteiger partial charge in [-0.05, 0) is 23.8 Å². The Morgan fingerprint density at radius 2 is 2.06 bits per heavy atom. The van der Waals surface area contributed by atoms with Gasteiger partial charge in [0.15, 0.2) is 5.78 Å². The standard InChI is InChI=1S/C13H13NO4/c1-14-10-3-2-8(6-9(10)7-12(14)16)11(15)4-5-13(17)18/h2-3,6H,4-5,7H2,1H3,(H,17,18). The van der Waals surface area contributed by atoms with Gasteiger partial charge in [-0.15, -0.1) is 0 Å². The van der Waals surface area contributed by atoms with Crippen molar-refractivity contribution in [2.45, 2.75) is 19.3 Å². The van der Waals surface area contributed by atoms with Crippen molar-refractivity contribution in [2.75, 3.05) is 11.9 Å². The van der Waals surface area contributed by atoms with E-state index in [-0.39, 0.29) is 24.5 Å². The molecule has 5 heteroatoms. The van der Waals surface area contributed by atoms with Gasteiger partial charge in [-0.3, -0.25) is 14.4 Å². The molecule has 1 aromatic rings. The first-order chi connectivity index (χ1) is 8.49. The van der Waals surface area contributed by atoms with Gasteiger partial charge < -0.3 is 10.0 Å². The Bertz CT molecular complexity index is 536. The second kappa shape index (κ2) is 4.60. The van der Waals surface area contributed by atoms with Crippen molar-refractivity contribution in [3.05, 3.63) is 29.3 Å². The van der Waals surface area contributed by atoms with Crippen LogP contribution >= 0.6 is 0 Å². The summed E-state index contributed by atoms with van der Waals surface area (Å²) in [5.41, 5.74) is 2.11. The van der Waals surface area contributed by atoms with E-state index in [2.05, 4.69) is 0 Å². The Labute approximate surface area is 104 Å². The van der Waals surface area contributed by atoms with Crippen LogP contribution < -0.4 is 4.90 Å². The molecular formula is C13H13NO4. The Hall–Kier alpha value is -2.17. The molecule has 1 aliphatic rings. The molecule has 0 radical (unpaired) electrons. The lowest BCUT2D eigenvalue weighted by molar-refractivity contribution is -0.137. The first-order valence-corrected chi connectivity index (χ1v) is 5.63. The maximum absolute atomic E-state index is 11.8. The number of nitrogens with zero attached hydrogens (tertiary/aromatic N) is 1. The van der Waals surface area contributed by atoms with Crippen LogP contribution in [0.2, 0.25) is 0 Å². The van der Waals surface area contributed by atoms with Crippen LogP contribution in [0.15, 0.2) is 18.2 Å². The Balaban J connectivity index is 2.18. The van der Waals surface area contributed by atoms with Crippen LogP contribution in [0.1, 0.15) is 28.8 Å². The van der Waals surface area contributed by atoms with Crippen LogP contribution in [0, 0.1) is 0 Å². The number of aliphatic carboxylic acids is 1. The molecule has 1 aliphatic heterocycles. The number of likely N-dealkylation sites (N-methyl/N-ethyl adjacent to an activating group) is 1. The fourth-order valence-electron chi connectivity index (χ4n) is 2.01. The molecule has 2 rings (SSSR count). The molecule has 18 heavy (non-hydrogen) atoms. The summed E-state index contributed by atoms with van der Waals surface area (Å²) in [4.78, 5) is 35.2. The second-order valence-corrected chi connectivity index (χ2v) is 4.29. The molecule has 0 aliphatic carbocycles. The normalized spacial score (nSPS) is 13.6. The number of fused-ring (bicyclic) bond motifs is 1. The van der Waals surface area contributed by atoms with E-state index >= 15 is 0 Å². The number of anilines is 1. The third-order valence-corrected chi connectivity index (χ3v) is 3.04. The summed E-state index contributed by atoms with van der Waals surface area (Å²) in [6, 6.07) is 5.05. The zero-order valence-electron chi connectivity index (χ0n) is 9.97. The van der Waals surface area contributed by atoms with Gasteiger partial charge in [0.1, 0.15) is 0 Å². The Morgan fingerprint density at radius 3 is 2.72 bits per heavy atom. The quantitative estimate of drug-likeness (QED) is 0.812. The largest absolute Gasteiger partial charge is 0.481 e. The third-order valence-electron chi connectivity index (χ3n) is 3.04. The number of benzene rings is 1. The average Bonchev–Trinajstić information content (AvgIpc) is 2.61. The number of ketones is 1. The monoisotopic (exact) mass is 247 g/mol. The molecule has 0 saturated carbocycles. The lowest BCUT2D eigenvalue weighted by Gasteiger charge is -2.10. The number of carboxylic acid groups (broad SMARTS) is 1. The maximum Gasteiger partial charge on any atom is 0.303 e. The van der Waals surface area contributed by atoms with E-state index in [1.54, 1.807) is 30.1 Å². The SMILES string of the molecule is CN1C(=O)Cc2cc(C(=O)CCC(=O)O)ccc21. The minimum atomic E-state index is -0.987. The highest BCUT2D eigenvalue weighted by Gasteiger charge is 2.24. The first kappa shape index (κ1) is 12.3. The fourth-order valence-corrected chi connectivity index (χ4v) is 2.01. The minimum Gasteiger partial charge on any atom is -0.481 e. The van der Waals surface area contributed by atoms with E-state index in [9.17, 15) is 14.4 Å². The highest BCUT2D eigenvalue weighted by atomic mass is 16.4. The van der Waals surface area contributed by atoms with E-state index in [1.807, 2.05) is 0 Å². The van der Waals surface area contributed by atoms with E-state index in [1.165, 1.54) is 0 Å². The van der Waals surface area contributed by atoms with Crippen molar-refractivity contribution in [2.24, 2.45) is 0 Å². The zero-order valence-corrected chi connectivity index (χ0v) is 9.97. The predicted molar refractivity (Wildman–Crippen MR) is 64.8 cm³/mol. The van der Waals surface area contributed by atoms with Gasteiger partial charge in [0, 0.05) is 24.7 Å². The lowest BCUT2D eigenvalue weighted by atomic mass is 10.0. The molecule has 0 unspecified atom stereocenters. The molecule has 5 nitrogen and oxygen atoms in total. The first-order valence-electron chi connectivity index (χ1n) is 5.63. The molecule has 1 aromatic carbocycles. The molecule has 0 fully saturated rings. The van der Waals surface area contributed by atoms with Crippen molar-refractivity contribution < 1.29 is 19.5 Å². The van der Waals surface area contributed by atoms with Crippen molar-refractivity contribution in [3.8, 4) is 0 Å². The third kappa shape index (κ3) is 2.25. The van der Waals surface area contributed by atoms with Crippen molar-refractivity contribution >= 4 is 23.3 Å². The minimum absolute atomic E-state index is 0.000125. The second-order valence-electron chi connectivity index (χ2n) is 4.29. The number of carbonyl (C=O) groups excluding carboxylic acids is 2. The topological polar surface area (TPSA) is 74.7 Å². The maximum atomic E-state index is 11.8. The summed E-state index contributed by atoms with van der Waals surface area (Å²) >= 11 is 0. The van der Waals surface area contributed by atoms with Crippen LogP contribution in [0.4, 0.5) is 5.69 Å². The van der Waals surface area contributed by atoms with Gasteiger partial charge in [0.25, 0.3) is 0 Å². The highest BCUT2D eigenvalue weighted by Crippen LogP contribution is 2.28. The summed E-state index contributed by atoms with van der Waals surface area (Å²) in [5.74, 6) is -1.19. The molecule has 0 spiro atoms. The van der Waals surface area contributed by atoms with E-state index in [0.29, 0.717) is 12.0 Å². The number of amides is 1. The van der Waals surface area contributed by atoms with Gasteiger partial charge in [-0.25, -0.2) is 0 Å². The Kier molecular flexibility index (Phi) is 3.14. The molecule has 1 heterocycles. The molecule has 0 atom stereocenters. The number of rotatable bonds is 4. The predicted octanol–water partition coefficient (Wildman–Crippen LogP) is 1.25. The molecule has 0 saturated heterocycles. The van der Waals surface area contributed by atoms with Crippen molar-refractivity contribution in [1.82, 2.24) is 0 Å². The number of carbonyl (C=O) groups is 3.